The van der Waals surface area contributed by atoms with Crippen LogP contribution < -0.4 is 0 Å². The highest BCUT2D eigenvalue weighted by Crippen LogP contribution is 2.46. The average molecular weight is 376 g/mol. The highest BCUT2D eigenvalue weighted by atomic mass is 19.2. The minimum absolute atomic E-state index is 0.00180. The van der Waals surface area contributed by atoms with Gasteiger partial charge in [0.05, 0.1) is 0 Å². The zero-order valence-electron chi connectivity index (χ0n) is 15.8. The van der Waals surface area contributed by atoms with Crippen molar-refractivity contribution in [1.82, 2.24) is 0 Å². The van der Waals surface area contributed by atoms with Gasteiger partial charge in [-0.05, 0) is 59.8 Å². The number of rotatable bonds is 3. The Labute approximate surface area is 157 Å². The fraction of sp³-hybridized carbons (Fsp3) is 0.478. The minimum atomic E-state index is -1.05. The predicted molar refractivity (Wildman–Crippen MR) is 98.9 cm³/mol. The number of aryl methyl sites for hydroxylation is 1. The first kappa shape index (κ1) is 18.5. The van der Waals surface area contributed by atoms with Crippen LogP contribution in [-0.2, 0) is 12.8 Å². The fourth-order valence-electron chi connectivity index (χ4n) is 4.78. The molecule has 0 nitrogen and oxygen atoms in total. The summed E-state index contributed by atoms with van der Waals surface area (Å²) in [6, 6.07) is 3.32. The molecule has 0 amide bonds. The molecule has 0 aromatic heterocycles. The number of fused-ring (bicyclic) bond motifs is 3. The molecule has 27 heavy (non-hydrogen) atoms. The van der Waals surface area contributed by atoms with Crippen molar-refractivity contribution in [3.05, 3.63) is 57.7 Å². The van der Waals surface area contributed by atoms with Gasteiger partial charge in [0.15, 0.2) is 23.3 Å². The van der Waals surface area contributed by atoms with E-state index in [4.69, 9.17) is 0 Å². The van der Waals surface area contributed by atoms with Gasteiger partial charge in [-0.2, -0.15) is 0 Å². The molecule has 0 N–H and O–H groups in total. The first-order valence-electron chi connectivity index (χ1n) is 9.93. The third kappa shape index (κ3) is 2.97. The molecule has 0 atom stereocenters. The van der Waals surface area contributed by atoms with Crippen molar-refractivity contribution in [1.29, 1.82) is 0 Å². The Kier molecular flexibility index (Phi) is 4.77. The molecule has 2 aromatic rings. The molecule has 1 saturated carbocycles. The third-order valence-electron chi connectivity index (χ3n) is 6.29. The lowest BCUT2D eigenvalue weighted by Gasteiger charge is -2.27. The van der Waals surface area contributed by atoms with Crippen LogP contribution in [0.5, 0.6) is 0 Å². The summed E-state index contributed by atoms with van der Waals surface area (Å²) in [5.41, 5.74) is 1.66. The second kappa shape index (κ2) is 6.96. The van der Waals surface area contributed by atoms with Gasteiger partial charge >= 0.3 is 0 Å². The molecule has 4 rings (SSSR count). The molecule has 0 aliphatic heterocycles. The lowest BCUT2D eigenvalue weighted by molar-refractivity contribution is 0.339. The molecule has 144 valence electrons. The van der Waals surface area contributed by atoms with E-state index in [1.165, 1.54) is 0 Å². The maximum absolute atomic E-state index is 15.0. The van der Waals surface area contributed by atoms with Crippen LogP contribution in [0.25, 0.3) is 11.1 Å². The summed E-state index contributed by atoms with van der Waals surface area (Å²) >= 11 is 0. The molecule has 4 heteroatoms. The Hall–Kier alpha value is -1.84. The smallest absolute Gasteiger partial charge is 0.167 e. The van der Waals surface area contributed by atoms with Crippen LogP contribution in [0.1, 0.15) is 74.1 Å². The second-order valence-electron chi connectivity index (χ2n) is 8.21. The van der Waals surface area contributed by atoms with E-state index in [0.29, 0.717) is 47.4 Å². The van der Waals surface area contributed by atoms with Crippen LogP contribution in [0.4, 0.5) is 17.6 Å². The molecule has 1 fully saturated rings. The first-order valence-corrected chi connectivity index (χ1v) is 9.93. The van der Waals surface area contributed by atoms with E-state index >= 15 is 0 Å². The molecule has 0 heterocycles. The molecule has 2 aromatic carbocycles. The Balaban J connectivity index is 1.81. The summed E-state index contributed by atoms with van der Waals surface area (Å²) in [5, 5.41) is 0. The zero-order valence-corrected chi connectivity index (χ0v) is 15.8. The van der Waals surface area contributed by atoms with Crippen LogP contribution in [0.15, 0.2) is 12.1 Å². The van der Waals surface area contributed by atoms with Crippen molar-refractivity contribution < 1.29 is 17.6 Å². The van der Waals surface area contributed by atoms with Gasteiger partial charge in [-0.3, -0.25) is 0 Å². The first-order chi connectivity index (χ1) is 12.9. The monoisotopic (exact) mass is 376 g/mol. The minimum Gasteiger partial charge on any atom is -0.203 e. The quantitative estimate of drug-likeness (QED) is 0.429. The highest BCUT2D eigenvalue weighted by Gasteiger charge is 2.33. The van der Waals surface area contributed by atoms with Gasteiger partial charge in [0, 0.05) is 11.1 Å². The highest BCUT2D eigenvalue weighted by molar-refractivity contribution is 5.79. The van der Waals surface area contributed by atoms with E-state index < -0.39 is 23.3 Å². The van der Waals surface area contributed by atoms with Gasteiger partial charge in [0.1, 0.15) is 0 Å². The molecule has 2 aliphatic carbocycles. The molecular weight excluding hydrogens is 352 g/mol. The summed E-state index contributed by atoms with van der Waals surface area (Å²) < 4.78 is 58.9. The average Bonchev–Trinajstić information content (AvgIpc) is 3.02. The summed E-state index contributed by atoms with van der Waals surface area (Å²) in [6.45, 7) is 4.07. The molecule has 0 saturated heterocycles. The predicted octanol–water partition coefficient (Wildman–Crippen LogP) is 7.06. The number of hydrogen-bond donors (Lipinski definition) is 0. The standard InChI is InChI=1S/C23H24F4/c1-3-4-14-9-15-10-16-11-17(13-7-5-12(2)6-8-13)21(25)23(27)19(16)18(15)22(26)20(14)24/h9,11-13H,3-8,10H2,1-2H3. The molecule has 0 radical (unpaired) electrons. The Bertz CT molecular complexity index is 892. The maximum atomic E-state index is 15.0. The van der Waals surface area contributed by atoms with Crippen LogP contribution >= 0.6 is 0 Å². The molecule has 0 bridgehead atoms. The van der Waals surface area contributed by atoms with E-state index in [1.54, 1.807) is 12.1 Å². The summed E-state index contributed by atoms with van der Waals surface area (Å²) in [4.78, 5) is 0. The van der Waals surface area contributed by atoms with Crippen LogP contribution in [0.2, 0.25) is 0 Å². The molecule has 0 unspecified atom stereocenters. The van der Waals surface area contributed by atoms with Gasteiger partial charge in [-0.25, -0.2) is 17.6 Å². The van der Waals surface area contributed by atoms with Crippen LogP contribution in [0.3, 0.4) is 0 Å². The van der Waals surface area contributed by atoms with Gasteiger partial charge in [0.25, 0.3) is 0 Å². The van der Waals surface area contributed by atoms with E-state index in [-0.39, 0.29) is 17.0 Å². The van der Waals surface area contributed by atoms with Crippen LogP contribution in [0, 0.1) is 29.2 Å². The van der Waals surface area contributed by atoms with Gasteiger partial charge in [0.2, 0.25) is 0 Å². The topological polar surface area (TPSA) is 0 Å². The van der Waals surface area contributed by atoms with Crippen molar-refractivity contribution in [2.24, 2.45) is 5.92 Å². The fourth-order valence-corrected chi connectivity index (χ4v) is 4.78. The number of halogens is 4. The molecular formula is C23H24F4. The van der Waals surface area contributed by atoms with Gasteiger partial charge < -0.3 is 0 Å². The van der Waals surface area contributed by atoms with Crippen molar-refractivity contribution in [3.63, 3.8) is 0 Å². The van der Waals surface area contributed by atoms with E-state index in [2.05, 4.69) is 6.92 Å². The summed E-state index contributed by atoms with van der Waals surface area (Å²) in [6.07, 6.45) is 5.13. The van der Waals surface area contributed by atoms with Gasteiger partial charge in [-0.15, -0.1) is 0 Å². The Morgan fingerprint density at radius 2 is 1.41 bits per heavy atom. The SMILES string of the molecule is CCCc1cc2c(c(F)c1F)-c1c(cc(C3CCC(C)CC3)c(F)c1F)C2. The third-order valence-corrected chi connectivity index (χ3v) is 6.29. The summed E-state index contributed by atoms with van der Waals surface area (Å²) in [5.74, 6) is -3.29. The van der Waals surface area contributed by atoms with Crippen molar-refractivity contribution >= 4 is 0 Å². The van der Waals surface area contributed by atoms with E-state index in [9.17, 15) is 17.6 Å². The molecule has 2 aliphatic rings. The largest absolute Gasteiger partial charge is 0.203 e. The number of benzene rings is 2. The lowest BCUT2D eigenvalue weighted by Crippen LogP contribution is -2.13. The van der Waals surface area contributed by atoms with E-state index in [0.717, 1.165) is 25.7 Å². The lowest BCUT2D eigenvalue weighted by atomic mass is 9.78. The maximum Gasteiger partial charge on any atom is 0.167 e. The van der Waals surface area contributed by atoms with Crippen molar-refractivity contribution in [2.45, 2.75) is 64.7 Å². The Morgan fingerprint density at radius 1 is 0.815 bits per heavy atom. The zero-order chi connectivity index (χ0) is 19.3. The van der Waals surface area contributed by atoms with Crippen molar-refractivity contribution in [3.8, 4) is 11.1 Å². The van der Waals surface area contributed by atoms with E-state index in [1.807, 2.05) is 6.92 Å². The number of hydrogen-bond acceptors (Lipinski definition) is 0. The second-order valence-corrected chi connectivity index (χ2v) is 8.21. The molecule has 0 spiro atoms. The van der Waals surface area contributed by atoms with Crippen molar-refractivity contribution in [2.75, 3.05) is 0 Å². The van der Waals surface area contributed by atoms with Crippen LogP contribution in [-0.4, -0.2) is 0 Å². The Morgan fingerprint density at radius 3 is 2.04 bits per heavy atom. The van der Waals surface area contributed by atoms with Gasteiger partial charge in [-0.1, -0.05) is 45.2 Å². The summed E-state index contributed by atoms with van der Waals surface area (Å²) in [7, 11) is 0. The normalized spacial score (nSPS) is 21.3.